The van der Waals surface area contributed by atoms with Gasteiger partial charge in [-0.05, 0) is 50.5 Å². The number of rotatable bonds is 4. The molecule has 1 aliphatic heterocycles. The van der Waals surface area contributed by atoms with Crippen LogP contribution in [0.15, 0.2) is 39.9 Å². The van der Waals surface area contributed by atoms with Crippen LogP contribution in [0.25, 0.3) is 11.0 Å². The van der Waals surface area contributed by atoms with Crippen LogP contribution < -0.4 is 16.0 Å². The van der Waals surface area contributed by atoms with Gasteiger partial charge in [0.1, 0.15) is 11.4 Å². The molecule has 2 aromatic heterocycles. The minimum absolute atomic E-state index is 0.0803. The molecule has 1 fully saturated rings. The second-order valence-electron chi connectivity index (χ2n) is 7.49. The Balaban J connectivity index is 1.77. The predicted molar refractivity (Wildman–Crippen MR) is 113 cm³/mol. The number of hydrogen-bond acceptors (Lipinski definition) is 5. The van der Waals surface area contributed by atoms with Crippen LogP contribution in [0.5, 0.6) is 5.75 Å². The molecule has 3 aromatic rings. The molecular formula is C22H24N4O4. The van der Waals surface area contributed by atoms with Gasteiger partial charge >= 0.3 is 5.69 Å². The number of ether oxygens (including phenoxy) is 1. The smallest absolute Gasteiger partial charge is 0.329 e. The second-order valence-corrected chi connectivity index (χ2v) is 7.49. The Hall–Kier alpha value is -3.42. The minimum Gasteiger partial charge on any atom is -0.494 e. The number of nitrogens with zero attached hydrogens (tertiary/aromatic N) is 3. The molecule has 0 radical (unpaired) electrons. The first-order chi connectivity index (χ1) is 14.4. The van der Waals surface area contributed by atoms with Crippen LogP contribution in [0, 0.1) is 6.92 Å². The molecule has 1 N–H and O–H groups in total. The summed E-state index contributed by atoms with van der Waals surface area (Å²) in [6.07, 6.45) is 1.72. The summed E-state index contributed by atoms with van der Waals surface area (Å²) in [6.45, 7) is 4.88. The van der Waals surface area contributed by atoms with Gasteiger partial charge in [-0.1, -0.05) is 12.1 Å². The maximum absolute atomic E-state index is 13.5. The van der Waals surface area contributed by atoms with Gasteiger partial charge in [0.25, 0.3) is 11.5 Å². The molecule has 0 aliphatic carbocycles. The zero-order valence-corrected chi connectivity index (χ0v) is 17.3. The summed E-state index contributed by atoms with van der Waals surface area (Å²) in [7, 11) is 1.53. The second kappa shape index (κ2) is 7.78. The molecule has 1 saturated heterocycles. The van der Waals surface area contributed by atoms with Crippen LogP contribution in [0.1, 0.15) is 47.4 Å². The van der Waals surface area contributed by atoms with E-state index in [-0.39, 0.29) is 28.5 Å². The lowest BCUT2D eigenvalue weighted by molar-refractivity contribution is 0.0737. The number of aromatic nitrogens is 3. The molecule has 1 amide bonds. The number of carbonyl (C=O) groups excluding carboxylic acids is 1. The molecule has 0 bridgehead atoms. The number of hydrogen-bond donors (Lipinski definition) is 1. The van der Waals surface area contributed by atoms with E-state index in [1.807, 2.05) is 31.2 Å². The third kappa shape index (κ3) is 3.38. The highest BCUT2D eigenvalue weighted by atomic mass is 16.5. The quantitative estimate of drug-likeness (QED) is 0.714. The summed E-state index contributed by atoms with van der Waals surface area (Å²) in [5, 5.41) is 0.144. The van der Waals surface area contributed by atoms with Crippen molar-refractivity contribution >= 4 is 16.9 Å². The first-order valence-corrected chi connectivity index (χ1v) is 10.0. The standard InChI is InChI=1S/C22H24N4O4/c1-4-30-15-9-7-14(8-10-15)17-6-5-11-26(17)21(28)16-12-13(2)23-19-18(16)20(27)24-22(29)25(19)3/h7-10,12,17H,4-6,11H2,1-3H3,(H,24,27,29)/t17-/m1/s1. The summed E-state index contributed by atoms with van der Waals surface area (Å²) < 4.78 is 6.77. The first kappa shape index (κ1) is 19.9. The van der Waals surface area contributed by atoms with E-state index in [1.165, 1.54) is 11.6 Å². The SMILES string of the molecule is CCOc1ccc([C@H]2CCCN2C(=O)c2cc(C)nc3c2c(=O)[nH]c(=O)n3C)cc1. The van der Waals surface area contributed by atoms with Crippen molar-refractivity contribution in [2.24, 2.45) is 7.05 Å². The van der Waals surface area contributed by atoms with E-state index < -0.39 is 11.2 Å². The van der Waals surface area contributed by atoms with Gasteiger partial charge < -0.3 is 9.64 Å². The lowest BCUT2D eigenvalue weighted by atomic mass is 10.0. The first-order valence-electron chi connectivity index (χ1n) is 10.0. The van der Waals surface area contributed by atoms with Crippen LogP contribution >= 0.6 is 0 Å². The molecule has 1 aromatic carbocycles. The fourth-order valence-corrected chi connectivity index (χ4v) is 4.10. The Kier molecular flexibility index (Phi) is 5.15. The zero-order valence-electron chi connectivity index (χ0n) is 17.3. The van der Waals surface area contributed by atoms with E-state index in [0.29, 0.717) is 18.8 Å². The van der Waals surface area contributed by atoms with Gasteiger partial charge in [0.15, 0.2) is 0 Å². The van der Waals surface area contributed by atoms with Crippen LogP contribution in [-0.2, 0) is 7.05 Å². The van der Waals surface area contributed by atoms with Crippen molar-refractivity contribution < 1.29 is 9.53 Å². The Bertz CT molecular complexity index is 1230. The van der Waals surface area contributed by atoms with Crippen LogP contribution in [0.3, 0.4) is 0 Å². The van der Waals surface area contributed by atoms with Crippen molar-refractivity contribution in [1.29, 1.82) is 0 Å². The highest BCUT2D eigenvalue weighted by molar-refractivity contribution is 6.05. The lowest BCUT2D eigenvalue weighted by Gasteiger charge is -2.26. The molecule has 0 spiro atoms. The number of nitrogens with one attached hydrogen (secondary N) is 1. The number of H-pyrrole nitrogens is 1. The largest absolute Gasteiger partial charge is 0.494 e. The molecule has 1 atom stereocenters. The van der Waals surface area contributed by atoms with Crippen molar-refractivity contribution in [3.05, 3.63) is 68.0 Å². The van der Waals surface area contributed by atoms with E-state index in [4.69, 9.17) is 4.74 Å². The normalized spacial score (nSPS) is 16.2. The Morgan fingerprint density at radius 3 is 2.70 bits per heavy atom. The van der Waals surface area contributed by atoms with Crippen molar-refractivity contribution in [1.82, 2.24) is 19.4 Å². The number of amides is 1. The molecule has 8 nitrogen and oxygen atoms in total. The van der Waals surface area contributed by atoms with Crippen molar-refractivity contribution in [3.8, 4) is 5.75 Å². The summed E-state index contributed by atoms with van der Waals surface area (Å²) >= 11 is 0. The highest BCUT2D eigenvalue weighted by Crippen LogP contribution is 2.34. The number of pyridine rings is 1. The molecule has 30 heavy (non-hydrogen) atoms. The van der Waals surface area contributed by atoms with Gasteiger partial charge in [0.05, 0.1) is 23.6 Å². The van der Waals surface area contributed by atoms with Gasteiger partial charge in [0.2, 0.25) is 0 Å². The molecule has 4 rings (SSSR count). The monoisotopic (exact) mass is 408 g/mol. The van der Waals surface area contributed by atoms with Crippen LogP contribution in [-0.4, -0.2) is 38.5 Å². The van der Waals surface area contributed by atoms with E-state index in [9.17, 15) is 14.4 Å². The number of likely N-dealkylation sites (tertiary alicyclic amines) is 1. The predicted octanol–water partition coefficient (Wildman–Crippen LogP) is 2.31. The maximum atomic E-state index is 13.5. The van der Waals surface area contributed by atoms with E-state index in [1.54, 1.807) is 17.9 Å². The average molecular weight is 408 g/mol. The summed E-state index contributed by atoms with van der Waals surface area (Å²) in [4.78, 5) is 46.5. The average Bonchev–Trinajstić information content (AvgIpc) is 3.21. The zero-order chi connectivity index (χ0) is 21.4. The molecule has 156 valence electrons. The number of aryl methyl sites for hydroxylation is 2. The fourth-order valence-electron chi connectivity index (χ4n) is 4.10. The molecule has 0 unspecified atom stereocenters. The third-order valence-corrected chi connectivity index (χ3v) is 5.52. The van der Waals surface area contributed by atoms with Crippen LogP contribution in [0.4, 0.5) is 0 Å². The van der Waals surface area contributed by atoms with E-state index in [2.05, 4.69) is 9.97 Å². The van der Waals surface area contributed by atoms with Crippen molar-refractivity contribution in [2.75, 3.05) is 13.2 Å². The minimum atomic E-state index is -0.597. The van der Waals surface area contributed by atoms with Gasteiger partial charge in [-0.15, -0.1) is 0 Å². The number of benzene rings is 1. The number of aromatic amines is 1. The Morgan fingerprint density at radius 2 is 2.00 bits per heavy atom. The lowest BCUT2D eigenvalue weighted by Crippen LogP contribution is -2.34. The maximum Gasteiger partial charge on any atom is 0.329 e. The molecular weight excluding hydrogens is 384 g/mol. The van der Waals surface area contributed by atoms with Crippen molar-refractivity contribution in [2.45, 2.75) is 32.7 Å². The third-order valence-electron chi connectivity index (χ3n) is 5.52. The molecule has 0 saturated carbocycles. The van der Waals surface area contributed by atoms with E-state index >= 15 is 0 Å². The molecule has 3 heterocycles. The van der Waals surface area contributed by atoms with Gasteiger partial charge in [-0.2, -0.15) is 0 Å². The topological polar surface area (TPSA) is 97.3 Å². The summed E-state index contributed by atoms with van der Waals surface area (Å²) in [6, 6.07) is 9.32. The van der Waals surface area contributed by atoms with Gasteiger partial charge in [-0.3, -0.25) is 19.1 Å². The number of fused-ring (bicyclic) bond motifs is 1. The fraction of sp³-hybridized carbons (Fsp3) is 0.364. The summed E-state index contributed by atoms with van der Waals surface area (Å²) in [5.74, 6) is 0.561. The Labute approximate surface area is 173 Å². The number of carbonyl (C=O) groups is 1. The Morgan fingerprint density at radius 1 is 1.27 bits per heavy atom. The summed E-state index contributed by atoms with van der Waals surface area (Å²) in [5.41, 5.74) is 0.929. The van der Waals surface area contributed by atoms with Crippen molar-refractivity contribution in [3.63, 3.8) is 0 Å². The highest BCUT2D eigenvalue weighted by Gasteiger charge is 2.32. The van der Waals surface area contributed by atoms with Crippen LogP contribution in [0.2, 0.25) is 0 Å². The van der Waals surface area contributed by atoms with Gasteiger partial charge in [-0.25, -0.2) is 9.78 Å². The van der Waals surface area contributed by atoms with Gasteiger partial charge in [0, 0.05) is 19.3 Å². The molecule has 8 heteroatoms. The van der Waals surface area contributed by atoms with E-state index in [0.717, 1.165) is 24.2 Å². The molecule has 1 aliphatic rings.